The number of ether oxygens (including phenoxy) is 1. The van der Waals surface area contributed by atoms with E-state index < -0.39 is 5.79 Å². The van der Waals surface area contributed by atoms with Crippen LogP contribution in [0.15, 0.2) is 11.6 Å². The quantitative estimate of drug-likeness (QED) is 0.717. The van der Waals surface area contributed by atoms with Crippen LogP contribution in [0.1, 0.15) is 40.0 Å². The maximum absolute atomic E-state index is 11.8. The number of ketones is 1. The van der Waals surface area contributed by atoms with Crippen LogP contribution in [0, 0.1) is 23.2 Å². The molecule has 3 aliphatic rings. The lowest BCUT2D eigenvalue weighted by atomic mass is 9.52. The molecule has 5 unspecified atom stereocenters. The third-order valence-electron chi connectivity index (χ3n) is 5.61. The van der Waals surface area contributed by atoms with Crippen molar-refractivity contribution in [2.75, 3.05) is 6.61 Å². The number of carbonyl (C=O) groups excluding carboxylic acids is 1. The maximum Gasteiger partial charge on any atom is 0.169 e. The molecule has 18 heavy (non-hydrogen) atoms. The van der Waals surface area contributed by atoms with Crippen molar-refractivity contribution >= 4 is 5.78 Å². The van der Waals surface area contributed by atoms with Gasteiger partial charge in [-0.05, 0) is 24.3 Å². The van der Waals surface area contributed by atoms with Crippen molar-refractivity contribution in [1.82, 2.24) is 0 Å². The van der Waals surface area contributed by atoms with Gasteiger partial charge in [0.25, 0.3) is 0 Å². The lowest BCUT2D eigenvalue weighted by Crippen LogP contribution is -2.54. The third kappa shape index (κ3) is 1.41. The maximum atomic E-state index is 11.8. The van der Waals surface area contributed by atoms with Crippen LogP contribution >= 0.6 is 0 Å². The second kappa shape index (κ2) is 3.67. The molecule has 0 aromatic rings. The smallest absolute Gasteiger partial charge is 0.169 e. The molecule has 5 atom stereocenters. The predicted octanol–water partition coefficient (Wildman–Crippen LogP) is 2.29. The summed E-state index contributed by atoms with van der Waals surface area (Å²) in [6, 6.07) is 0. The van der Waals surface area contributed by atoms with E-state index in [2.05, 4.69) is 20.8 Å². The summed E-state index contributed by atoms with van der Waals surface area (Å²) in [6.45, 7) is 7.14. The van der Waals surface area contributed by atoms with E-state index in [4.69, 9.17) is 4.74 Å². The molecule has 1 saturated carbocycles. The highest BCUT2D eigenvalue weighted by molar-refractivity contribution is 5.92. The number of aliphatic hydroxyl groups is 1. The minimum atomic E-state index is -0.972. The molecule has 2 aliphatic carbocycles. The lowest BCUT2D eigenvalue weighted by Gasteiger charge is -2.53. The molecule has 1 saturated heterocycles. The predicted molar refractivity (Wildman–Crippen MR) is 67.8 cm³/mol. The number of hydrogen-bond donors (Lipinski definition) is 1. The van der Waals surface area contributed by atoms with Crippen molar-refractivity contribution in [3.05, 3.63) is 11.6 Å². The molecular weight excluding hydrogens is 228 g/mol. The van der Waals surface area contributed by atoms with Gasteiger partial charge in [-0.1, -0.05) is 26.3 Å². The molecule has 0 bridgehead atoms. The molecule has 100 valence electrons. The molecule has 0 aromatic heterocycles. The van der Waals surface area contributed by atoms with E-state index in [1.54, 1.807) is 0 Å². The van der Waals surface area contributed by atoms with Crippen molar-refractivity contribution in [3.63, 3.8) is 0 Å². The SMILES string of the molecule is CC1COC2(O)CCC3=CC(=O)CC(C)C3(C)C12. The molecule has 3 nitrogen and oxygen atoms in total. The van der Waals surface area contributed by atoms with E-state index >= 15 is 0 Å². The molecule has 3 rings (SSSR count). The Bertz CT molecular complexity index is 427. The molecule has 1 N–H and O–H groups in total. The summed E-state index contributed by atoms with van der Waals surface area (Å²) in [5, 5.41) is 10.7. The van der Waals surface area contributed by atoms with Gasteiger partial charge in [-0.25, -0.2) is 0 Å². The van der Waals surface area contributed by atoms with Crippen LogP contribution in [-0.4, -0.2) is 23.3 Å². The fraction of sp³-hybridized carbons (Fsp3) is 0.800. The third-order valence-corrected chi connectivity index (χ3v) is 5.61. The highest BCUT2D eigenvalue weighted by Crippen LogP contribution is 2.61. The van der Waals surface area contributed by atoms with Crippen LogP contribution < -0.4 is 0 Å². The summed E-state index contributed by atoms with van der Waals surface area (Å²) in [5.74, 6) is 0.0191. The van der Waals surface area contributed by atoms with Crippen molar-refractivity contribution in [2.45, 2.75) is 45.8 Å². The molecule has 2 fully saturated rings. The molecule has 0 radical (unpaired) electrons. The molecule has 1 aliphatic heterocycles. The molecular formula is C15H22O3. The number of fused-ring (bicyclic) bond motifs is 3. The summed E-state index contributed by atoms with van der Waals surface area (Å²) in [6.07, 6.45) is 3.85. The van der Waals surface area contributed by atoms with Gasteiger partial charge in [0, 0.05) is 24.2 Å². The normalized spacial score (nSPS) is 51.7. The van der Waals surface area contributed by atoms with Gasteiger partial charge in [-0.3, -0.25) is 4.79 Å². The monoisotopic (exact) mass is 250 g/mol. The summed E-state index contributed by atoms with van der Waals surface area (Å²) in [4.78, 5) is 11.8. The Hall–Kier alpha value is -0.670. The zero-order valence-corrected chi connectivity index (χ0v) is 11.4. The van der Waals surface area contributed by atoms with E-state index in [-0.39, 0.29) is 23.0 Å². The first-order valence-electron chi connectivity index (χ1n) is 6.98. The Morgan fingerprint density at radius 3 is 2.89 bits per heavy atom. The fourth-order valence-corrected chi connectivity index (χ4v) is 4.59. The second-order valence-electron chi connectivity index (χ2n) is 6.63. The van der Waals surface area contributed by atoms with E-state index in [1.165, 1.54) is 5.57 Å². The molecule has 1 heterocycles. The highest BCUT2D eigenvalue weighted by atomic mass is 16.6. The average molecular weight is 250 g/mol. The fourth-order valence-electron chi connectivity index (χ4n) is 4.59. The van der Waals surface area contributed by atoms with E-state index in [0.717, 1.165) is 6.42 Å². The zero-order valence-electron chi connectivity index (χ0n) is 11.4. The standard InChI is InChI=1S/C15H22O3/c1-9-8-18-15(17)5-4-11-7-12(16)6-10(2)14(11,3)13(9)15/h7,9-10,13,17H,4-6,8H2,1-3H3. The first-order chi connectivity index (χ1) is 8.38. The van der Waals surface area contributed by atoms with Crippen molar-refractivity contribution in [1.29, 1.82) is 0 Å². The van der Waals surface area contributed by atoms with E-state index in [9.17, 15) is 9.90 Å². The number of rotatable bonds is 0. The first-order valence-corrected chi connectivity index (χ1v) is 6.98. The molecule has 0 spiro atoms. The van der Waals surface area contributed by atoms with Gasteiger partial charge in [0.05, 0.1) is 6.61 Å². The number of hydrogen-bond acceptors (Lipinski definition) is 3. The first kappa shape index (κ1) is 12.4. The van der Waals surface area contributed by atoms with Crippen LogP contribution in [0.5, 0.6) is 0 Å². The van der Waals surface area contributed by atoms with Crippen LogP contribution in [0.3, 0.4) is 0 Å². The zero-order chi connectivity index (χ0) is 13.1. The van der Waals surface area contributed by atoms with Crippen molar-refractivity contribution in [2.24, 2.45) is 23.2 Å². The van der Waals surface area contributed by atoms with E-state index in [1.807, 2.05) is 6.08 Å². The topological polar surface area (TPSA) is 46.5 Å². The largest absolute Gasteiger partial charge is 0.365 e. The van der Waals surface area contributed by atoms with E-state index in [0.29, 0.717) is 25.4 Å². The Kier molecular flexibility index (Phi) is 2.52. The van der Waals surface area contributed by atoms with Gasteiger partial charge in [0.2, 0.25) is 0 Å². The summed E-state index contributed by atoms with van der Waals surface area (Å²) in [5.41, 5.74) is 1.15. The van der Waals surface area contributed by atoms with Gasteiger partial charge in [-0.15, -0.1) is 0 Å². The van der Waals surface area contributed by atoms with Gasteiger partial charge in [-0.2, -0.15) is 0 Å². The number of allylic oxidation sites excluding steroid dienone is 2. The molecule has 0 aromatic carbocycles. The van der Waals surface area contributed by atoms with Gasteiger partial charge < -0.3 is 9.84 Å². The van der Waals surface area contributed by atoms with Gasteiger partial charge in [0.15, 0.2) is 11.6 Å². The summed E-state index contributed by atoms with van der Waals surface area (Å²) >= 11 is 0. The Morgan fingerprint density at radius 2 is 2.17 bits per heavy atom. The Morgan fingerprint density at radius 1 is 1.44 bits per heavy atom. The minimum Gasteiger partial charge on any atom is -0.365 e. The van der Waals surface area contributed by atoms with Gasteiger partial charge in [0.1, 0.15) is 0 Å². The van der Waals surface area contributed by atoms with Crippen molar-refractivity contribution < 1.29 is 14.6 Å². The Labute approximate surface area is 108 Å². The average Bonchev–Trinajstić information content (AvgIpc) is 2.59. The summed E-state index contributed by atoms with van der Waals surface area (Å²) < 4.78 is 5.69. The second-order valence-corrected chi connectivity index (χ2v) is 6.63. The lowest BCUT2D eigenvalue weighted by molar-refractivity contribution is -0.231. The number of carbonyl (C=O) groups is 1. The highest BCUT2D eigenvalue weighted by Gasteiger charge is 2.61. The summed E-state index contributed by atoms with van der Waals surface area (Å²) in [7, 11) is 0. The van der Waals surface area contributed by atoms with Crippen LogP contribution in [0.4, 0.5) is 0 Å². The Balaban J connectivity index is 2.11. The van der Waals surface area contributed by atoms with Crippen LogP contribution in [-0.2, 0) is 9.53 Å². The molecule has 0 amide bonds. The van der Waals surface area contributed by atoms with Gasteiger partial charge >= 0.3 is 0 Å². The minimum absolute atomic E-state index is 0.0865. The van der Waals surface area contributed by atoms with Crippen LogP contribution in [0.25, 0.3) is 0 Å². The van der Waals surface area contributed by atoms with Crippen LogP contribution in [0.2, 0.25) is 0 Å². The van der Waals surface area contributed by atoms with Crippen molar-refractivity contribution in [3.8, 4) is 0 Å². The molecule has 3 heteroatoms.